The number of nitrogens with zero attached hydrogens (tertiary/aromatic N) is 2. The zero-order valence-electron chi connectivity index (χ0n) is 12.7. The highest BCUT2D eigenvalue weighted by atomic mass is 32.2. The number of hydrogen-bond donors (Lipinski definition) is 0. The van der Waals surface area contributed by atoms with Crippen molar-refractivity contribution < 1.29 is 4.74 Å². The van der Waals surface area contributed by atoms with Gasteiger partial charge < -0.3 is 9.30 Å². The zero-order chi connectivity index (χ0) is 14.9. The lowest BCUT2D eigenvalue weighted by molar-refractivity contribution is 0.308. The molecule has 21 heavy (non-hydrogen) atoms. The van der Waals surface area contributed by atoms with E-state index in [0.717, 1.165) is 42.2 Å². The Labute approximate surface area is 131 Å². The SMILES string of the molecule is CCCCOc1ccccc1/C(=C/SCC)n1ccnc1. The minimum atomic E-state index is 0.756. The summed E-state index contributed by atoms with van der Waals surface area (Å²) in [6.07, 6.45) is 7.79. The number of benzene rings is 1. The fraction of sp³-hybridized carbons (Fsp3) is 0.353. The maximum atomic E-state index is 5.95. The molecular formula is C17H22N2OS. The fourth-order valence-electron chi connectivity index (χ4n) is 1.96. The van der Waals surface area contributed by atoms with Gasteiger partial charge >= 0.3 is 0 Å². The number of aromatic nitrogens is 2. The van der Waals surface area contributed by atoms with E-state index in [2.05, 4.69) is 30.3 Å². The van der Waals surface area contributed by atoms with Gasteiger partial charge in [-0.25, -0.2) is 4.98 Å². The van der Waals surface area contributed by atoms with Crippen LogP contribution >= 0.6 is 11.8 Å². The third-order valence-corrected chi connectivity index (χ3v) is 3.79. The quantitative estimate of drug-likeness (QED) is 0.663. The summed E-state index contributed by atoms with van der Waals surface area (Å²) in [4.78, 5) is 4.15. The van der Waals surface area contributed by atoms with Crippen molar-refractivity contribution >= 4 is 17.5 Å². The third-order valence-electron chi connectivity index (χ3n) is 3.06. The number of ether oxygens (including phenoxy) is 1. The highest BCUT2D eigenvalue weighted by molar-refractivity contribution is 8.02. The molecule has 0 N–H and O–H groups in total. The van der Waals surface area contributed by atoms with Gasteiger partial charge in [0.05, 0.1) is 18.6 Å². The Kier molecular flexibility index (Phi) is 6.41. The number of thioether (sulfide) groups is 1. The molecule has 0 atom stereocenters. The van der Waals surface area contributed by atoms with E-state index < -0.39 is 0 Å². The van der Waals surface area contributed by atoms with E-state index in [0.29, 0.717) is 0 Å². The van der Waals surface area contributed by atoms with Crippen LogP contribution in [0.2, 0.25) is 0 Å². The Bertz CT molecular complexity index is 564. The average molecular weight is 302 g/mol. The molecule has 0 bridgehead atoms. The normalized spacial score (nSPS) is 11.6. The van der Waals surface area contributed by atoms with Crippen molar-refractivity contribution in [3.63, 3.8) is 0 Å². The zero-order valence-corrected chi connectivity index (χ0v) is 13.5. The van der Waals surface area contributed by atoms with Crippen LogP contribution in [-0.4, -0.2) is 21.9 Å². The molecule has 0 spiro atoms. The highest BCUT2D eigenvalue weighted by Crippen LogP contribution is 2.29. The Morgan fingerprint density at radius 2 is 2.19 bits per heavy atom. The van der Waals surface area contributed by atoms with Gasteiger partial charge in [-0.05, 0) is 29.7 Å². The second-order valence-electron chi connectivity index (χ2n) is 4.63. The van der Waals surface area contributed by atoms with Crippen LogP contribution in [0.1, 0.15) is 32.3 Å². The van der Waals surface area contributed by atoms with Crippen LogP contribution in [0, 0.1) is 0 Å². The molecule has 0 radical (unpaired) electrons. The summed E-state index contributed by atoms with van der Waals surface area (Å²) in [6.45, 7) is 5.08. The lowest BCUT2D eigenvalue weighted by atomic mass is 10.1. The molecule has 0 fully saturated rings. The van der Waals surface area contributed by atoms with Crippen molar-refractivity contribution in [3.05, 3.63) is 54.0 Å². The second kappa shape index (κ2) is 8.57. The van der Waals surface area contributed by atoms with Gasteiger partial charge in [-0.3, -0.25) is 0 Å². The molecule has 0 aliphatic heterocycles. The molecule has 2 aromatic rings. The van der Waals surface area contributed by atoms with Gasteiger partial charge in [0.1, 0.15) is 5.75 Å². The maximum absolute atomic E-state index is 5.95. The van der Waals surface area contributed by atoms with E-state index in [9.17, 15) is 0 Å². The van der Waals surface area contributed by atoms with Crippen molar-refractivity contribution in [2.75, 3.05) is 12.4 Å². The summed E-state index contributed by atoms with van der Waals surface area (Å²) in [5.41, 5.74) is 2.21. The minimum Gasteiger partial charge on any atom is -0.493 e. The summed E-state index contributed by atoms with van der Waals surface area (Å²) < 4.78 is 7.99. The summed E-state index contributed by atoms with van der Waals surface area (Å²) in [7, 11) is 0. The monoisotopic (exact) mass is 302 g/mol. The summed E-state index contributed by atoms with van der Waals surface area (Å²) in [5.74, 6) is 1.97. The smallest absolute Gasteiger partial charge is 0.128 e. The minimum absolute atomic E-state index is 0.756. The maximum Gasteiger partial charge on any atom is 0.128 e. The van der Waals surface area contributed by atoms with E-state index in [-0.39, 0.29) is 0 Å². The van der Waals surface area contributed by atoms with E-state index in [1.165, 1.54) is 0 Å². The molecule has 0 aliphatic carbocycles. The number of hydrogen-bond acceptors (Lipinski definition) is 3. The lowest BCUT2D eigenvalue weighted by Gasteiger charge is -2.14. The summed E-state index contributed by atoms with van der Waals surface area (Å²) >= 11 is 1.78. The van der Waals surface area contributed by atoms with Crippen molar-refractivity contribution in [1.82, 2.24) is 9.55 Å². The first kappa shape index (κ1) is 15.7. The molecule has 1 aromatic heterocycles. The van der Waals surface area contributed by atoms with Gasteiger partial charge in [-0.15, -0.1) is 11.8 Å². The summed E-state index contributed by atoms with van der Waals surface area (Å²) in [5, 5.41) is 2.17. The van der Waals surface area contributed by atoms with E-state index in [1.54, 1.807) is 18.0 Å². The van der Waals surface area contributed by atoms with Crippen LogP contribution in [0.4, 0.5) is 0 Å². The molecule has 1 aromatic carbocycles. The second-order valence-corrected chi connectivity index (χ2v) is 5.77. The van der Waals surface area contributed by atoms with Crippen LogP contribution in [0.3, 0.4) is 0 Å². The van der Waals surface area contributed by atoms with Gasteiger partial charge in [0.15, 0.2) is 0 Å². The molecular weight excluding hydrogens is 280 g/mol. The molecule has 2 rings (SSSR count). The standard InChI is InChI=1S/C17H22N2OS/c1-3-5-12-20-17-9-7-6-8-15(17)16(13-21-4-2)19-11-10-18-14-19/h6-11,13-14H,3-5,12H2,1-2H3/b16-13-. The van der Waals surface area contributed by atoms with Gasteiger partial charge in [-0.2, -0.15) is 0 Å². The molecule has 0 unspecified atom stereocenters. The number of rotatable bonds is 8. The van der Waals surface area contributed by atoms with Crippen molar-refractivity contribution in [3.8, 4) is 5.75 Å². The molecule has 1 heterocycles. The molecule has 4 heteroatoms. The van der Waals surface area contributed by atoms with Crippen LogP contribution in [0.5, 0.6) is 5.75 Å². The molecule has 0 aliphatic rings. The van der Waals surface area contributed by atoms with Crippen LogP contribution in [0.15, 0.2) is 48.4 Å². The lowest BCUT2D eigenvalue weighted by Crippen LogP contribution is -2.02. The van der Waals surface area contributed by atoms with Gasteiger partial charge in [0.2, 0.25) is 0 Å². The van der Waals surface area contributed by atoms with E-state index >= 15 is 0 Å². The van der Waals surface area contributed by atoms with Gasteiger partial charge in [0.25, 0.3) is 0 Å². The van der Waals surface area contributed by atoms with E-state index in [1.807, 2.05) is 35.3 Å². The Morgan fingerprint density at radius 3 is 2.90 bits per heavy atom. The topological polar surface area (TPSA) is 27.1 Å². The van der Waals surface area contributed by atoms with E-state index in [4.69, 9.17) is 4.74 Å². The Morgan fingerprint density at radius 1 is 1.33 bits per heavy atom. The molecule has 112 valence electrons. The highest BCUT2D eigenvalue weighted by Gasteiger charge is 2.10. The first-order chi connectivity index (χ1) is 10.4. The first-order valence-corrected chi connectivity index (χ1v) is 8.44. The predicted molar refractivity (Wildman–Crippen MR) is 90.6 cm³/mol. The number of imidazole rings is 1. The molecule has 0 amide bonds. The van der Waals surface area contributed by atoms with Crippen LogP contribution < -0.4 is 4.74 Å². The summed E-state index contributed by atoms with van der Waals surface area (Å²) in [6, 6.07) is 8.20. The fourth-order valence-corrected chi connectivity index (χ4v) is 2.53. The molecule has 0 saturated carbocycles. The predicted octanol–water partition coefficient (Wildman–Crippen LogP) is 4.66. The Hall–Kier alpha value is -1.68. The Balaban J connectivity index is 2.31. The molecule has 0 saturated heterocycles. The van der Waals surface area contributed by atoms with Crippen molar-refractivity contribution in [2.45, 2.75) is 26.7 Å². The largest absolute Gasteiger partial charge is 0.493 e. The number of para-hydroxylation sites is 1. The third kappa shape index (κ3) is 4.39. The van der Waals surface area contributed by atoms with Crippen LogP contribution in [0.25, 0.3) is 5.70 Å². The van der Waals surface area contributed by atoms with Crippen molar-refractivity contribution in [2.24, 2.45) is 0 Å². The molecule has 3 nitrogen and oxygen atoms in total. The number of unbranched alkanes of at least 4 members (excludes halogenated alkanes) is 1. The van der Waals surface area contributed by atoms with Crippen LogP contribution in [-0.2, 0) is 0 Å². The van der Waals surface area contributed by atoms with Crippen molar-refractivity contribution in [1.29, 1.82) is 0 Å². The first-order valence-electron chi connectivity index (χ1n) is 7.39. The average Bonchev–Trinajstić information content (AvgIpc) is 3.03. The van der Waals surface area contributed by atoms with Gasteiger partial charge in [-0.1, -0.05) is 32.4 Å². The van der Waals surface area contributed by atoms with Gasteiger partial charge in [0, 0.05) is 18.0 Å².